The van der Waals surface area contributed by atoms with Gasteiger partial charge in [-0.15, -0.1) is 0 Å². The average molecular weight is 1850 g/mol. The summed E-state index contributed by atoms with van der Waals surface area (Å²) in [6, 6.07) is 31.5. The van der Waals surface area contributed by atoms with Crippen LogP contribution in [-0.2, 0) is 87.8 Å². The van der Waals surface area contributed by atoms with Crippen molar-refractivity contribution in [3.8, 4) is 11.5 Å². The minimum atomic E-state index is -1.05. The number of nitrogens with one attached hydrogen (secondary N) is 14. The molecule has 0 aliphatic carbocycles. The maximum absolute atomic E-state index is 13.5. The average Bonchev–Trinajstić information content (AvgIpc) is 0.813. The molecule has 5 aromatic carbocycles. The van der Waals surface area contributed by atoms with E-state index in [1.807, 2.05) is 146 Å². The lowest BCUT2D eigenvalue weighted by Crippen LogP contribution is -2.58. The molecular weight excluding hydrogens is 1710 g/mol. The molecule has 5 aromatic rings. The van der Waals surface area contributed by atoms with Gasteiger partial charge in [0.1, 0.15) is 70.7 Å². The van der Waals surface area contributed by atoms with Gasteiger partial charge in [-0.2, -0.15) is 5.10 Å². The molecule has 0 aromatic heterocycles. The summed E-state index contributed by atoms with van der Waals surface area (Å²) >= 11 is 0. The van der Waals surface area contributed by atoms with Gasteiger partial charge in [0.05, 0.1) is 36.3 Å². The van der Waals surface area contributed by atoms with Crippen molar-refractivity contribution in [2.75, 3.05) is 20.8 Å². The van der Waals surface area contributed by atoms with Crippen molar-refractivity contribution in [1.29, 1.82) is 0 Å². The largest absolute Gasteiger partial charge is 0.493 e. The highest BCUT2D eigenvalue weighted by molar-refractivity contribution is 5.95. The quantitative estimate of drug-likeness (QED) is 0.00332. The molecule has 0 saturated carbocycles. The predicted octanol–water partition coefficient (Wildman–Crippen LogP) is 8.75. The van der Waals surface area contributed by atoms with Gasteiger partial charge in [-0.3, -0.25) is 69.5 Å². The molecule has 39 heteroatoms. The van der Waals surface area contributed by atoms with E-state index in [9.17, 15) is 72.4 Å². The van der Waals surface area contributed by atoms with Crippen LogP contribution >= 0.6 is 0 Å². The zero-order chi connectivity index (χ0) is 100. The Balaban J connectivity index is 0.000000617. The van der Waals surface area contributed by atoms with Gasteiger partial charge in [0.25, 0.3) is 29.3 Å². The molecule has 0 radical (unpaired) electrons. The number of nitrogens with zero attached hydrogens (tertiary/aromatic N) is 2. The van der Waals surface area contributed by atoms with Gasteiger partial charge in [0.15, 0.2) is 11.5 Å². The Morgan fingerprint density at radius 2 is 0.697 bits per heavy atom. The summed E-state index contributed by atoms with van der Waals surface area (Å²) in [5, 5.41) is 39.6. The summed E-state index contributed by atoms with van der Waals surface area (Å²) in [7, 11) is 2.92. The number of nitro benzene ring substituents is 1. The van der Waals surface area contributed by atoms with Crippen LogP contribution in [0.25, 0.3) is 0 Å². The van der Waals surface area contributed by atoms with Gasteiger partial charge >= 0.3 is 24.4 Å². The lowest BCUT2D eigenvalue weighted by atomic mass is 10.0. The number of hydrazone groups is 1. The van der Waals surface area contributed by atoms with Crippen LogP contribution in [0.1, 0.15) is 206 Å². The number of carbonyl (C=O) groups is 13. The maximum atomic E-state index is 13.5. The third-order valence-corrected chi connectivity index (χ3v) is 18.3. The van der Waals surface area contributed by atoms with Crippen LogP contribution < -0.4 is 96.1 Å². The van der Waals surface area contributed by atoms with Crippen LogP contribution in [0.3, 0.4) is 0 Å². The number of carbonyl (C=O) groups excluding carboxylic acids is 13. The monoisotopic (exact) mass is 1850 g/mol. The zero-order valence-electron chi connectivity index (χ0n) is 80.8. The Labute approximate surface area is 774 Å². The summed E-state index contributed by atoms with van der Waals surface area (Å²) < 4.78 is 32.2. The molecule has 730 valence electrons. The molecule has 5 rings (SSSR count). The number of hydrogen-bond donors (Lipinski definition) is 16. The van der Waals surface area contributed by atoms with Crippen molar-refractivity contribution < 1.29 is 95.7 Å². The predicted molar refractivity (Wildman–Crippen MR) is 500 cm³/mol. The van der Waals surface area contributed by atoms with Gasteiger partial charge in [0.2, 0.25) is 29.5 Å². The fourth-order valence-electron chi connectivity index (χ4n) is 11.8. The molecule has 18 N–H and O–H groups in total. The second-order valence-corrected chi connectivity index (χ2v) is 36.3. The smallest absolute Gasteiger partial charge is 0.408 e. The molecule has 9 atom stereocenters. The molecule has 0 fully saturated rings. The molecule has 132 heavy (non-hydrogen) atoms. The maximum Gasteiger partial charge on any atom is 0.408 e. The normalized spacial score (nSPS) is 13.2. The molecule has 0 bridgehead atoms. The minimum absolute atomic E-state index is 0.131. The van der Waals surface area contributed by atoms with Crippen molar-refractivity contribution in [3.63, 3.8) is 0 Å². The highest BCUT2D eigenvalue weighted by Gasteiger charge is 2.37. The summed E-state index contributed by atoms with van der Waals surface area (Å²) in [5.41, 5.74) is 13.0. The molecule has 39 nitrogen and oxygen atoms in total. The third kappa shape index (κ3) is 46.5. The Morgan fingerprint density at radius 3 is 0.947 bits per heavy atom. The summed E-state index contributed by atoms with van der Waals surface area (Å²) in [5.74, 6) is 5.57. The Hall–Kier alpha value is -13.0. The van der Waals surface area contributed by atoms with Gasteiger partial charge < -0.3 is 76.3 Å². The van der Waals surface area contributed by atoms with Crippen molar-refractivity contribution in [2.24, 2.45) is 40.5 Å². The number of methoxy groups -OCH3 is 1. The number of nitrogens with two attached hydrogens (primary N) is 2. The van der Waals surface area contributed by atoms with Crippen molar-refractivity contribution in [2.45, 2.75) is 275 Å². The summed E-state index contributed by atoms with van der Waals surface area (Å²) in [4.78, 5) is 174. The first-order valence-corrected chi connectivity index (χ1v) is 43.4. The fourth-order valence-corrected chi connectivity index (χ4v) is 11.8. The lowest BCUT2D eigenvalue weighted by Gasteiger charge is -2.27. The first-order chi connectivity index (χ1) is 61.5. The SMILES string of the molecule is CC(C)=NNC(=O)[C@@H](NC(=O)[C@H](Cc1ccccc1)NC(=O)OC(C)(C)C)C(C)C.CC(C)[C@H](NC(=O)[C@H](Cc1ccccc1)NC(=O)OC(C)(C)C)C(=O)NN.CC(C)[C@H](NC(=O)[C@H](Cc1ccccc1)NC(=O)OC(C)(C)C)C(=O)NN.CNC(=O)CCCOc1cc([N+](=O)[O-])c(C(C)NNC(=O)[C@@H](NC(=O)[C@H](Cc2ccccc2)NC(=O)OC(C)(C)C)C(C)C)cc1OC. The minimum Gasteiger partial charge on any atom is -0.493 e. The lowest BCUT2D eigenvalue weighted by molar-refractivity contribution is -0.385. The topological polar surface area (TPSA) is 553 Å². The molecule has 0 aliphatic heterocycles. The number of nitro groups is 1. The highest BCUT2D eigenvalue weighted by Crippen LogP contribution is 2.38. The summed E-state index contributed by atoms with van der Waals surface area (Å²) in [6.45, 7) is 40.3. The van der Waals surface area contributed by atoms with Crippen LogP contribution in [-0.4, -0.2) is 180 Å². The number of hydrogen-bond acceptors (Lipinski definition) is 25. The van der Waals surface area contributed by atoms with E-state index in [1.165, 1.54) is 26.3 Å². The first-order valence-electron chi connectivity index (χ1n) is 43.4. The highest BCUT2D eigenvalue weighted by atomic mass is 16.6. The van der Waals surface area contributed by atoms with Crippen LogP contribution in [0.5, 0.6) is 11.5 Å². The van der Waals surface area contributed by atoms with Crippen LogP contribution in [0.4, 0.5) is 24.9 Å². The second kappa shape index (κ2) is 56.5. The van der Waals surface area contributed by atoms with Crippen molar-refractivity contribution >= 4 is 88.9 Å². The van der Waals surface area contributed by atoms with Crippen LogP contribution in [0.15, 0.2) is 139 Å². The van der Waals surface area contributed by atoms with Crippen molar-refractivity contribution in [1.82, 2.24) is 75.0 Å². The molecular formula is C93H142N18O21. The number of hydrazine groups is 3. The molecule has 0 spiro atoms. The van der Waals surface area contributed by atoms with Gasteiger partial charge in [-0.1, -0.05) is 177 Å². The number of benzene rings is 5. The van der Waals surface area contributed by atoms with E-state index in [-0.39, 0.29) is 91.0 Å². The van der Waals surface area contributed by atoms with Crippen molar-refractivity contribution in [3.05, 3.63) is 171 Å². The molecule has 0 saturated heterocycles. The summed E-state index contributed by atoms with van der Waals surface area (Å²) in [6.07, 6.45) is -1.37. The van der Waals surface area contributed by atoms with E-state index < -0.39 is 153 Å². The molecule has 0 heterocycles. The van der Waals surface area contributed by atoms with Gasteiger partial charge in [0, 0.05) is 44.9 Å². The Kier molecular flexibility index (Phi) is 49.3. The van der Waals surface area contributed by atoms with E-state index in [0.717, 1.165) is 22.3 Å². The van der Waals surface area contributed by atoms with Crippen LogP contribution in [0.2, 0.25) is 0 Å². The molecule has 1 unspecified atom stereocenters. The van der Waals surface area contributed by atoms with E-state index in [4.69, 9.17) is 40.1 Å². The van der Waals surface area contributed by atoms with E-state index in [0.29, 0.717) is 12.1 Å². The van der Waals surface area contributed by atoms with Gasteiger partial charge in [-0.05, 0) is 162 Å². The zero-order valence-corrected chi connectivity index (χ0v) is 80.8. The fraction of sp³-hybridized carbons (Fsp3) is 0.527. The number of amides is 13. The number of alkyl carbamates (subject to hydrolysis) is 4. The number of rotatable bonds is 39. The van der Waals surface area contributed by atoms with Crippen LogP contribution in [0, 0.1) is 33.8 Å². The third-order valence-electron chi connectivity index (χ3n) is 18.3. The molecule has 0 aliphatic rings. The second-order valence-electron chi connectivity index (χ2n) is 36.3. The van der Waals surface area contributed by atoms with Gasteiger partial charge in [-0.25, -0.2) is 41.7 Å². The Bertz CT molecular complexity index is 4440. The van der Waals surface area contributed by atoms with E-state index in [1.54, 1.807) is 145 Å². The van der Waals surface area contributed by atoms with E-state index in [2.05, 4.69) is 69.2 Å². The standard InChI is InChI=1S/C33H48N6O9.C22H34N4O4.2C19H30N4O4/c1-20(2)29(36-30(41)24(17-22-13-10-9-11-14-22)35-32(43)48-33(4,5)6)31(42)38-37-21(3)23-18-26(46-8)27(19-25(23)39(44)45)47-16-12-15-28(40)34-7;1-14(2)18(20(28)26-25-15(3)4)24-19(27)17(13-16-11-9-8-10-12-16)23-21(29)30-22(5,6)7;2*1-12(2)15(17(25)23-20)22-16(24)14(11-13-9-7-6-8-10-13)21-18(26)27-19(3,4)5/h9-11,13-14,18-21,24,29,37H,12,15-17H2,1-8H3,(H,34,40)(H,35,43)(H,36,41)(H,38,42);8-12,14,17-18H,13H2,1-7H3,(H,23,29)(H,24,27)(H,26,28);2*6-10,12,14-15H,11,20H2,1-5H3,(H,21,26)(H,22,24)(H,23,25)/t21?,24-,29-;17-,18-;2*14-,15-/m0000/s1. The first kappa shape index (κ1) is 115. The number of ether oxygens (including phenoxy) is 6. The Morgan fingerprint density at radius 1 is 0.409 bits per heavy atom. The molecule has 13 amide bonds. The van der Waals surface area contributed by atoms with E-state index >= 15 is 0 Å².